The van der Waals surface area contributed by atoms with E-state index >= 15 is 0 Å². The number of pyridine rings is 1. The maximum atomic E-state index is 13.7. The van der Waals surface area contributed by atoms with Crippen molar-refractivity contribution >= 4 is 38.3 Å². The number of hydrogen-bond donors (Lipinski definition) is 0. The molecule has 35 heavy (non-hydrogen) atoms. The molecule has 1 aliphatic heterocycles. The van der Waals surface area contributed by atoms with E-state index in [0.717, 1.165) is 22.2 Å². The first-order valence-electron chi connectivity index (χ1n) is 11.4. The Morgan fingerprint density at radius 1 is 1.00 bits per heavy atom. The van der Waals surface area contributed by atoms with Gasteiger partial charge in [-0.1, -0.05) is 42.0 Å². The fourth-order valence-corrected chi connectivity index (χ4v) is 6.18. The van der Waals surface area contributed by atoms with E-state index in [-0.39, 0.29) is 6.03 Å². The molecule has 0 saturated carbocycles. The molecule has 3 heterocycles. The first-order chi connectivity index (χ1) is 16.8. The Hall–Kier alpha value is -3.91. The largest absolute Gasteiger partial charge is 0.329 e. The maximum Gasteiger partial charge on any atom is 0.329 e. The summed E-state index contributed by atoms with van der Waals surface area (Å²) in [4.78, 5) is 20.8. The highest BCUT2D eigenvalue weighted by atomic mass is 32.2. The number of aromatic nitrogens is 2. The first-order valence-corrected chi connectivity index (χ1v) is 12.9. The lowest BCUT2D eigenvalue weighted by molar-refractivity contribution is 0.256. The Labute approximate surface area is 205 Å². The van der Waals surface area contributed by atoms with E-state index in [1.165, 1.54) is 10.0 Å². The van der Waals surface area contributed by atoms with Crippen molar-refractivity contribution in [3.05, 3.63) is 103 Å². The molecule has 1 saturated heterocycles. The molecule has 1 fully saturated rings. The van der Waals surface area contributed by atoms with E-state index in [1.54, 1.807) is 40.5 Å². The van der Waals surface area contributed by atoms with Crippen LogP contribution in [0.5, 0.6) is 0 Å². The van der Waals surface area contributed by atoms with Crippen molar-refractivity contribution < 1.29 is 13.2 Å². The van der Waals surface area contributed by atoms with Crippen LogP contribution in [0.2, 0.25) is 0 Å². The second-order valence-electron chi connectivity index (χ2n) is 8.71. The van der Waals surface area contributed by atoms with E-state index in [2.05, 4.69) is 11.6 Å². The van der Waals surface area contributed by atoms with Crippen LogP contribution < -0.4 is 9.80 Å². The standard InChI is InChI=1S/C27H26N4O3S/c1-4-26(22-7-5-19(2)6-8-22)35(33,34)31-14-12-21-9-10-23(17-24(21)31)29-15-16-30(27(29)32)25-18-28-13-11-20(25)3/h4-14,17-18,26H,1,15-16H2,2-3H3. The van der Waals surface area contributed by atoms with Crippen molar-refractivity contribution in [2.24, 2.45) is 0 Å². The number of carbonyl (C=O) groups is 1. The summed E-state index contributed by atoms with van der Waals surface area (Å²) in [6, 6.07) is 16.3. The number of hydrogen-bond acceptors (Lipinski definition) is 4. The highest BCUT2D eigenvalue weighted by Gasteiger charge is 2.32. The lowest BCUT2D eigenvalue weighted by Crippen LogP contribution is -2.32. The molecule has 2 aromatic heterocycles. The van der Waals surface area contributed by atoms with Crippen molar-refractivity contribution in [1.29, 1.82) is 0 Å². The van der Waals surface area contributed by atoms with Gasteiger partial charge in [-0.2, -0.15) is 0 Å². The van der Waals surface area contributed by atoms with Crippen molar-refractivity contribution in [2.75, 3.05) is 22.9 Å². The number of aryl methyl sites for hydroxylation is 2. The third-order valence-corrected chi connectivity index (χ3v) is 8.45. The first kappa shape index (κ1) is 22.9. The number of carbonyl (C=O) groups excluding carboxylic acids is 1. The molecule has 8 heteroatoms. The molecule has 4 aromatic rings. The minimum atomic E-state index is -3.84. The van der Waals surface area contributed by atoms with Gasteiger partial charge in [-0.25, -0.2) is 17.2 Å². The lowest BCUT2D eigenvalue weighted by atomic mass is 10.1. The Morgan fingerprint density at radius 2 is 1.74 bits per heavy atom. The molecule has 7 nitrogen and oxygen atoms in total. The van der Waals surface area contributed by atoms with Gasteiger partial charge in [0.05, 0.1) is 17.4 Å². The average molecular weight is 487 g/mol. The van der Waals surface area contributed by atoms with E-state index in [9.17, 15) is 13.2 Å². The zero-order chi connectivity index (χ0) is 24.7. The van der Waals surface area contributed by atoms with E-state index < -0.39 is 15.3 Å². The molecule has 0 bridgehead atoms. The van der Waals surface area contributed by atoms with Crippen molar-refractivity contribution in [3.63, 3.8) is 0 Å². The van der Waals surface area contributed by atoms with Crippen LogP contribution in [0.4, 0.5) is 16.2 Å². The van der Waals surface area contributed by atoms with Gasteiger partial charge in [-0.05, 0) is 49.2 Å². The molecule has 1 unspecified atom stereocenters. The molecule has 1 atom stereocenters. The zero-order valence-corrected chi connectivity index (χ0v) is 20.4. The maximum absolute atomic E-state index is 13.7. The number of amides is 2. The third-order valence-electron chi connectivity index (χ3n) is 6.48. The number of anilines is 2. The normalized spacial score (nSPS) is 15.1. The zero-order valence-electron chi connectivity index (χ0n) is 19.6. The highest BCUT2D eigenvalue weighted by Crippen LogP contribution is 2.33. The number of nitrogens with zero attached hydrogens (tertiary/aromatic N) is 4. The summed E-state index contributed by atoms with van der Waals surface area (Å²) in [5.74, 6) is 0. The highest BCUT2D eigenvalue weighted by molar-refractivity contribution is 7.90. The van der Waals surface area contributed by atoms with E-state index in [0.29, 0.717) is 29.9 Å². The van der Waals surface area contributed by atoms with Gasteiger partial charge in [0.15, 0.2) is 0 Å². The van der Waals surface area contributed by atoms with Crippen LogP contribution >= 0.6 is 0 Å². The molecule has 2 aromatic carbocycles. The van der Waals surface area contributed by atoms with Gasteiger partial charge in [0.1, 0.15) is 5.25 Å². The van der Waals surface area contributed by atoms with Crippen LogP contribution in [0, 0.1) is 13.8 Å². The Bertz CT molecular complexity index is 1540. The van der Waals surface area contributed by atoms with Gasteiger partial charge in [0.25, 0.3) is 0 Å². The fourth-order valence-electron chi connectivity index (χ4n) is 4.53. The van der Waals surface area contributed by atoms with Crippen molar-refractivity contribution in [1.82, 2.24) is 8.96 Å². The third kappa shape index (κ3) is 3.89. The number of urea groups is 1. The topological polar surface area (TPSA) is 75.5 Å². The summed E-state index contributed by atoms with van der Waals surface area (Å²) in [6.07, 6.45) is 6.41. The van der Waals surface area contributed by atoms with Crippen LogP contribution in [0.25, 0.3) is 10.9 Å². The molecule has 178 valence electrons. The monoisotopic (exact) mass is 486 g/mol. The van der Waals surface area contributed by atoms with Crippen LogP contribution in [-0.2, 0) is 10.0 Å². The summed E-state index contributed by atoms with van der Waals surface area (Å²) < 4.78 is 28.7. The van der Waals surface area contributed by atoms with Crippen LogP contribution in [-0.4, -0.2) is 36.5 Å². The second kappa shape index (κ2) is 8.70. The summed E-state index contributed by atoms with van der Waals surface area (Å²) in [5, 5.41) is -0.129. The molecule has 1 aliphatic rings. The van der Waals surface area contributed by atoms with Gasteiger partial charge < -0.3 is 0 Å². The van der Waals surface area contributed by atoms with Crippen LogP contribution in [0.1, 0.15) is 21.9 Å². The van der Waals surface area contributed by atoms with Gasteiger partial charge in [0, 0.05) is 36.6 Å². The molecular formula is C27H26N4O3S. The lowest BCUT2D eigenvalue weighted by Gasteiger charge is -2.20. The summed E-state index contributed by atoms with van der Waals surface area (Å²) in [7, 11) is -3.84. The molecule has 0 N–H and O–H groups in total. The SMILES string of the molecule is C=CC(c1ccc(C)cc1)S(=O)(=O)n1ccc2ccc(N3CCN(c4cnccc4C)C3=O)cc21. The Morgan fingerprint density at radius 3 is 2.46 bits per heavy atom. The molecule has 0 aliphatic carbocycles. The summed E-state index contributed by atoms with van der Waals surface area (Å²) in [5.41, 5.74) is 4.62. The van der Waals surface area contributed by atoms with Gasteiger partial charge >= 0.3 is 6.03 Å². The Balaban J connectivity index is 1.52. The molecule has 5 rings (SSSR count). The molecule has 0 spiro atoms. The molecule has 0 radical (unpaired) electrons. The van der Waals surface area contributed by atoms with E-state index in [4.69, 9.17) is 0 Å². The minimum Gasteiger partial charge on any atom is -0.292 e. The number of rotatable bonds is 6. The Kier molecular flexibility index (Phi) is 5.68. The quantitative estimate of drug-likeness (QED) is 0.351. The summed E-state index contributed by atoms with van der Waals surface area (Å²) >= 11 is 0. The number of benzene rings is 2. The van der Waals surface area contributed by atoms with Crippen molar-refractivity contribution in [2.45, 2.75) is 19.1 Å². The van der Waals surface area contributed by atoms with E-state index in [1.807, 2.05) is 56.3 Å². The van der Waals surface area contributed by atoms with Crippen LogP contribution in [0.3, 0.4) is 0 Å². The molecular weight excluding hydrogens is 460 g/mol. The predicted molar refractivity (Wildman–Crippen MR) is 139 cm³/mol. The average Bonchev–Trinajstić information content (AvgIpc) is 3.44. The fraction of sp³-hybridized carbons (Fsp3) is 0.185. The molecule has 2 amide bonds. The second-order valence-corrected chi connectivity index (χ2v) is 10.6. The number of fused-ring (bicyclic) bond motifs is 1. The van der Waals surface area contributed by atoms with Crippen LogP contribution in [0.15, 0.2) is 85.8 Å². The van der Waals surface area contributed by atoms with Gasteiger partial charge in [0.2, 0.25) is 10.0 Å². The smallest absolute Gasteiger partial charge is 0.292 e. The summed E-state index contributed by atoms with van der Waals surface area (Å²) in [6.45, 7) is 8.71. The van der Waals surface area contributed by atoms with Gasteiger partial charge in [-0.15, -0.1) is 6.58 Å². The van der Waals surface area contributed by atoms with Crippen molar-refractivity contribution in [3.8, 4) is 0 Å². The predicted octanol–water partition coefficient (Wildman–Crippen LogP) is 5.20. The van der Waals surface area contributed by atoms with Gasteiger partial charge in [-0.3, -0.25) is 14.8 Å². The minimum absolute atomic E-state index is 0.162.